The predicted molar refractivity (Wildman–Crippen MR) is 72.9 cm³/mol. The predicted octanol–water partition coefficient (Wildman–Crippen LogP) is 1.98. The van der Waals surface area contributed by atoms with Crippen molar-refractivity contribution in [2.45, 2.75) is 0 Å². The van der Waals surface area contributed by atoms with Crippen molar-refractivity contribution in [3.8, 4) is 0 Å². The maximum atomic E-state index is 3.05. The van der Waals surface area contributed by atoms with E-state index in [-0.39, 0.29) is 0 Å². The molecule has 0 aliphatic heterocycles. The van der Waals surface area contributed by atoms with Gasteiger partial charge in [0.25, 0.3) is 0 Å². The van der Waals surface area contributed by atoms with Crippen LogP contribution < -0.4 is 4.90 Å². The topological polar surface area (TPSA) is 3.24 Å². The van der Waals surface area contributed by atoms with E-state index < -0.39 is 0 Å². The quantitative estimate of drug-likeness (QED) is 0.773. The third kappa shape index (κ3) is 2.63. The second kappa shape index (κ2) is 5.47. The van der Waals surface area contributed by atoms with Gasteiger partial charge in [0.05, 0.1) is 0 Å². The van der Waals surface area contributed by atoms with Crippen LogP contribution in [0.5, 0.6) is 0 Å². The molecule has 3 heteroatoms. The molecule has 80 valence electrons. The molecule has 2 rings (SSSR count). The summed E-state index contributed by atoms with van der Waals surface area (Å²) in [5, 5.41) is 0. The van der Waals surface area contributed by atoms with Gasteiger partial charge in [-0.05, 0) is 0 Å². The normalized spacial score (nSPS) is 9.81. The fourth-order valence-corrected chi connectivity index (χ4v) is 2.45. The molecule has 0 aliphatic rings. The van der Waals surface area contributed by atoms with Crippen LogP contribution in [0.1, 0.15) is 0 Å². The molecule has 0 bridgehead atoms. The molecular formula is C13H11NSe2. The van der Waals surface area contributed by atoms with Crippen LogP contribution in [0.4, 0.5) is 11.4 Å². The molecule has 1 nitrogen and oxygen atoms in total. The van der Waals surface area contributed by atoms with Gasteiger partial charge in [-0.3, -0.25) is 0 Å². The SMILES string of the molecule is [Se]=C([SeH])N(c1ccccc1)c1ccccc1. The molecule has 0 spiro atoms. The number of rotatable bonds is 3. The van der Waals surface area contributed by atoms with Crippen LogP contribution in [-0.2, 0) is 0 Å². The first-order valence-electron chi connectivity index (χ1n) is 4.92. The standard InChI is InChI=1S/C13H11NSe2/c15-13(16)14(11-7-3-1-4-8-11)12-9-5-2-6-10-12/h1-10H,(H,15,16). The minimum atomic E-state index is 1.07. The van der Waals surface area contributed by atoms with Gasteiger partial charge >= 0.3 is 112 Å². The van der Waals surface area contributed by atoms with Crippen molar-refractivity contribution < 1.29 is 0 Å². The molecule has 0 N–H and O–H groups in total. The first-order chi connectivity index (χ1) is 7.79. The van der Waals surface area contributed by atoms with E-state index in [0.717, 1.165) is 14.8 Å². The van der Waals surface area contributed by atoms with E-state index in [1.807, 2.05) is 36.4 Å². The summed E-state index contributed by atoms with van der Waals surface area (Å²) in [5.41, 5.74) is 2.31. The summed E-state index contributed by atoms with van der Waals surface area (Å²) in [6, 6.07) is 20.6. The molecule has 0 fully saturated rings. The fourth-order valence-electron chi connectivity index (χ4n) is 1.52. The van der Waals surface area contributed by atoms with E-state index >= 15 is 0 Å². The molecular weight excluding hydrogens is 328 g/mol. The Hall–Kier alpha value is -0.851. The van der Waals surface area contributed by atoms with Gasteiger partial charge in [0.15, 0.2) is 0 Å². The Morgan fingerprint density at radius 3 is 1.50 bits per heavy atom. The molecule has 0 saturated heterocycles. The zero-order valence-electron chi connectivity index (χ0n) is 8.58. The van der Waals surface area contributed by atoms with Crippen LogP contribution in [0, 0.1) is 0 Å². The summed E-state index contributed by atoms with van der Waals surface area (Å²) in [4.78, 5) is 2.17. The van der Waals surface area contributed by atoms with Crippen molar-refractivity contribution in [3.05, 3.63) is 60.7 Å². The molecule has 16 heavy (non-hydrogen) atoms. The van der Waals surface area contributed by atoms with Crippen LogP contribution in [0.15, 0.2) is 60.7 Å². The number of hydrogen-bond acceptors (Lipinski definition) is 1. The molecule has 2 aromatic carbocycles. The molecule has 0 heterocycles. The second-order valence-corrected chi connectivity index (χ2v) is 6.47. The first kappa shape index (κ1) is 11.6. The Balaban J connectivity index is 2.44. The summed E-state index contributed by atoms with van der Waals surface area (Å²) in [7, 11) is 0. The summed E-state index contributed by atoms with van der Waals surface area (Å²) in [6.07, 6.45) is 0. The molecule has 0 unspecified atom stereocenters. The zero-order valence-corrected chi connectivity index (χ0v) is 12.2. The zero-order chi connectivity index (χ0) is 11.4. The number of nitrogens with zero attached hydrogens (tertiary/aromatic N) is 1. The average molecular weight is 339 g/mol. The van der Waals surface area contributed by atoms with Crippen molar-refractivity contribution in [3.63, 3.8) is 0 Å². The Bertz CT molecular complexity index is 428. The number of benzene rings is 2. The first-order valence-corrected chi connectivity index (χ1v) is 6.71. The van der Waals surface area contributed by atoms with Gasteiger partial charge < -0.3 is 0 Å². The van der Waals surface area contributed by atoms with E-state index in [2.05, 4.69) is 60.8 Å². The number of hydrogen-bond donors (Lipinski definition) is 0. The Labute approximate surface area is 112 Å². The third-order valence-electron chi connectivity index (χ3n) is 2.22. The van der Waals surface area contributed by atoms with E-state index in [4.69, 9.17) is 0 Å². The summed E-state index contributed by atoms with van der Waals surface area (Å²) < 4.78 is 1.07. The molecule has 0 amide bonds. The Kier molecular flexibility index (Phi) is 3.98. The summed E-state index contributed by atoms with van der Waals surface area (Å²) in [6.45, 7) is 0. The molecule has 0 atom stereocenters. The Morgan fingerprint density at radius 1 is 0.812 bits per heavy atom. The molecule has 2 aromatic rings. The van der Waals surface area contributed by atoms with Crippen molar-refractivity contribution >= 4 is 46.4 Å². The molecule has 0 aromatic heterocycles. The molecule has 0 saturated carbocycles. The van der Waals surface area contributed by atoms with Crippen LogP contribution in [-0.4, -0.2) is 35.0 Å². The van der Waals surface area contributed by atoms with E-state index in [0.29, 0.717) is 0 Å². The van der Waals surface area contributed by atoms with Gasteiger partial charge in [-0.15, -0.1) is 0 Å². The van der Waals surface area contributed by atoms with Crippen molar-refractivity contribution in [2.24, 2.45) is 0 Å². The fraction of sp³-hybridized carbons (Fsp3) is 0. The van der Waals surface area contributed by atoms with Crippen molar-refractivity contribution in [1.82, 2.24) is 0 Å². The monoisotopic (exact) mass is 341 g/mol. The maximum absolute atomic E-state index is 3.05. The molecule has 0 radical (unpaired) electrons. The van der Waals surface area contributed by atoms with Crippen molar-refractivity contribution in [1.29, 1.82) is 0 Å². The minimum absolute atomic E-state index is 1.07. The summed E-state index contributed by atoms with van der Waals surface area (Å²) >= 11 is 5.60. The van der Waals surface area contributed by atoms with Gasteiger partial charge in [-0.1, -0.05) is 0 Å². The van der Waals surface area contributed by atoms with Crippen LogP contribution in [0.3, 0.4) is 0 Å². The number of anilines is 2. The van der Waals surface area contributed by atoms with Gasteiger partial charge in [-0.2, -0.15) is 0 Å². The Morgan fingerprint density at radius 2 is 1.19 bits per heavy atom. The van der Waals surface area contributed by atoms with Crippen LogP contribution in [0.25, 0.3) is 0 Å². The second-order valence-electron chi connectivity index (χ2n) is 3.29. The van der Waals surface area contributed by atoms with E-state index in [9.17, 15) is 0 Å². The van der Waals surface area contributed by atoms with Gasteiger partial charge in [-0.25, -0.2) is 0 Å². The molecule has 0 aliphatic carbocycles. The van der Waals surface area contributed by atoms with Gasteiger partial charge in [0.1, 0.15) is 0 Å². The summed E-state index contributed by atoms with van der Waals surface area (Å²) in [5.74, 6) is 0. The van der Waals surface area contributed by atoms with E-state index in [1.165, 1.54) is 0 Å². The number of para-hydroxylation sites is 2. The van der Waals surface area contributed by atoms with Crippen molar-refractivity contribution in [2.75, 3.05) is 4.90 Å². The van der Waals surface area contributed by atoms with Gasteiger partial charge in [0.2, 0.25) is 0 Å². The third-order valence-corrected chi connectivity index (χ3v) is 3.02. The van der Waals surface area contributed by atoms with E-state index in [1.54, 1.807) is 0 Å². The van der Waals surface area contributed by atoms with Crippen LogP contribution >= 0.6 is 0 Å². The van der Waals surface area contributed by atoms with Gasteiger partial charge in [0, 0.05) is 0 Å². The average Bonchev–Trinajstić information content (AvgIpc) is 2.31. The van der Waals surface area contributed by atoms with Crippen LogP contribution in [0.2, 0.25) is 0 Å².